The Morgan fingerprint density at radius 2 is 1.87 bits per heavy atom. The van der Waals surface area contributed by atoms with Crippen LogP contribution in [-0.2, 0) is 0 Å². The Labute approximate surface area is 90.1 Å². The maximum Gasteiger partial charge on any atom is 0.194 e. The van der Waals surface area contributed by atoms with Gasteiger partial charge in [0, 0.05) is 11.8 Å². The number of hydrogen-bond donors (Lipinski definition) is 1. The van der Waals surface area contributed by atoms with E-state index in [1.165, 1.54) is 0 Å². The summed E-state index contributed by atoms with van der Waals surface area (Å²) in [5.41, 5.74) is 0.445. The van der Waals surface area contributed by atoms with Crippen LogP contribution in [0.4, 0.5) is 13.2 Å². The molecule has 0 radical (unpaired) electrons. The summed E-state index contributed by atoms with van der Waals surface area (Å²) in [6.07, 6.45) is 0. The van der Waals surface area contributed by atoms with Crippen molar-refractivity contribution in [3.8, 4) is 0 Å². The van der Waals surface area contributed by atoms with Gasteiger partial charge in [-0.05, 0) is 24.6 Å². The van der Waals surface area contributed by atoms with Gasteiger partial charge >= 0.3 is 0 Å². The third-order valence-electron chi connectivity index (χ3n) is 2.26. The molecule has 1 fully saturated rings. The van der Waals surface area contributed by atoms with Crippen molar-refractivity contribution >= 4 is 11.8 Å². The summed E-state index contributed by atoms with van der Waals surface area (Å²) in [6.45, 7) is 1.99. The van der Waals surface area contributed by atoms with E-state index in [0.717, 1.165) is 17.9 Å². The zero-order valence-electron chi connectivity index (χ0n) is 8.06. The second-order valence-corrected chi connectivity index (χ2v) is 4.72. The van der Waals surface area contributed by atoms with Crippen molar-refractivity contribution < 1.29 is 13.2 Å². The maximum absolute atomic E-state index is 12.9. The van der Waals surface area contributed by atoms with Crippen molar-refractivity contribution in [1.82, 2.24) is 5.32 Å². The number of halogens is 3. The fourth-order valence-electron chi connectivity index (χ4n) is 1.51. The molecule has 1 aromatic rings. The van der Waals surface area contributed by atoms with Crippen LogP contribution >= 0.6 is 11.8 Å². The summed E-state index contributed by atoms with van der Waals surface area (Å²) >= 11 is 1.56. The van der Waals surface area contributed by atoms with Crippen molar-refractivity contribution in [2.75, 3.05) is 5.75 Å². The highest BCUT2D eigenvalue weighted by Gasteiger charge is 2.24. The molecule has 1 aliphatic rings. The summed E-state index contributed by atoms with van der Waals surface area (Å²) in [7, 11) is 0. The predicted octanol–water partition coefficient (Wildman–Crippen LogP) is 2.83. The summed E-state index contributed by atoms with van der Waals surface area (Å²) in [5, 5.41) is 3.00. The zero-order chi connectivity index (χ0) is 11.0. The van der Waals surface area contributed by atoms with Crippen molar-refractivity contribution in [1.29, 1.82) is 0 Å². The molecule has 0 amide bonds. The van der Waals surface area contributed by atoms with E-state index in [-0.39, 0.29) is 5.37 Å². The fourth-order valence-corrected chi connectivity index (χ4v) is 2.75. The second kappa shape index (κ2) is 4.06. The highest BCUT2D eigenvalue weighted by atomic mass is 32.2. The van der Waals surface area contributed by atoms with Crippen LogP contribution in [0, 0.1) is 17.5 Å². The van der Waals surface area contributed by atoms with Crippen LogP contribution in [-0.4, -0.2) is 11.8 Å². The highest BCUT2D eigenvalue weighted by molar-refractivity contribution is 7.99. The first kappa shape index (κ1) is 10.8. The minimum Gasteiger partial charge on any atom is -0.298 e. The number of thioether (sulfide) groups is 1. The topological polar surface area (TPSA) is 12.0 Å². The summed E-state index contributed by atoms with van der Waals surface area (Å²) in [5.74, 6) is -2.79. The Hall–Kier alpha value is -0.680. The molecule has 0 saturated carbocycles. The molecule has 0 spiro atoms. The van der Waals surface area contributed by atoms with Gasteiger partial charge in [-0.3, -0.25) is 5.32 Å². The maximum atomic E-state index is 12.9. The predicted molar refractivity (Wildman–Crippen MR) is 54.1 cm³/mol. The highest BCUT2D eigenvalue weighted by Crippen LogP contribution is 2.33. The Balaban J connectivity index is 2.29. The van der Waals surface area contributed by atoms with E-state index >= 15 is 0 Å². The molecule has 1 nitrogen and oxygen atoms in total. The lowest BCUT2D eigenvalue weighted by molar-refractivity contribution is 0.444. The molecular weight excluding hydrogens is 223 g/mol. The number of benzene rings is 1. The summed E-state index contributed by atoms with van der Waals surface area (Å²) < 4.78 is 38.6. The van der Waals surface area contributed by atoms with E-state index in [9.17, 15) is 13.2 Å². The standard InChI is InChI=1S/C10H10F3NS/c1-5-4-15-10(14-5)6-2-7(11)9(13)8(12)3-6/h2-3,5,10,14H,4H2,1H3. The third-order valence-corrected chi connectivity index (χ3v) is 3.69. The average molecular weight is 233 g/mol. The summed E-state index contributed by atoms with van der Waals surface area (Å²) in [4.78, 5) is 0. The van der Waals surface area contributed by atoms with Crippen molar-refractivity contribution in [3.05, 3.63) is 35.1 Å². The van der Waals surface area contributed by atoms with Crippen LogP contribution in [0.25, 0.3) is 0 Å². The van der Waals surface area contributed by atoms with Gasteiger partial charge < -0.3 is 0 Å². The minimum atomic E-state index is -1.41. The number of hydrogen-bond acceptors (Lipinski definition) is 2. The normalized spacial score (nSPS) is 25.9. The Kier molecular flexibility index (Phi) is 2.93. The Morgan fingerprint density at radius 3 is 2.33 bits per heavy atom. The van der Waals surface area contributed by atoms with Crippen LogP contribution in [0.15, 0.2) is 12.1 Å². The van der Waals surface area contributed by atoms with Gasteiger partial charge in [0.1, 0.15) is 0 Å². The van der Waals surface area contributed by atoms with E-state index in [2.05, 4.69) is 5.32 Å². The molecule has 2 atom stereocenters. The number of rotatable bonds is 1. The van der Waals surface area contributed by atoms with Gasteiger partial charge in [0.15, 0.2) is 17.5 Å². The van der Waals surface area contributed by atoms with E-state index in [0.29, 0.717) is 11.6 Å². The molecular formula is C10H10F3NS. The molecule has 15 heavy (non-hydrogen) atoms. The Morgan fingerprint density at radius 1 is 1.27 bits per heavy atom. The van der Waals surface area contributed by atoms with Gasteiger partial charge in [0.05, 0.1) is 5.37 Å². The van der Waals surface area contributed by atoms with Gasteiger partial charge in [-0.2, -0.15) is 0 Å². The molecule has 1 N–H and O–H groups in total. The average Bonchev–Trinajstić information content (AvgIpc) is 2.60. The lowest BCUT2D eigenvalue weighted by Gasteiger charge is -2.11. The molecule has 2 rings (SSSR count). The molecule has 1 aliphatic heterocycles. The van der Waals surface area contributed by atoms with Crippen LogP contribution in [0.3, 0.4) is 0 Å². The summed E-state index contributed by atoms with van der Waals surface area (Å²) in [6, 6.07) is 2.39. The van der Waals surface area contributed by atoms with Crippen LogP contribution in [0.1, 0.15) is 17.9 Å². The molecule has 1 saturated heterocycles. The van der Waals surface area contributed by atoms with Crippen molar-refractivity contribution in [2.24, 2.45) is 0 Å². The first-order valence-electron chi connectivity index (χ1n) is 4.60. The van der Waals surface area contributed by atoms with E-state index in [1.54, 1.807) is 11.8 Å². The van der Waals surface area contributed by atoms with Crippen molar-refractivity contribution in [2.45, 2.75) is 18.3 Å². The van der Waals surface area contributed by atoms with E-state index in [1.807, 2.05) is 6.92 Å². The van der Waals surface area contributed by atoms with E-state index < -0.39 is 17.5 Å². The molecule has 0 aliphatic carbocycles. The molecule has 0 bridgehead atoms. The first-order chi connectivity index (χ1) is 7.08. The largest absolute Gasteiger partial charge is 0.298 e. The second-order valence-electron chi connectivity index (χ2n) is 3.58. The zero-order valence-corrected chi connectivity index (χ0v) is 8.88. The fraction of sp³-hybridized carbons (Fsp3) is 0.400. The molecule has 0 aromatic heterocycles. The molecule has 82 valence electrons. The number of nitrogens with one attached hydrogen (secondary N) is 1. The first-order valence-corrected chi connectivity index (χ1v) is 5.65. The quantitative estimate of drug-likeness (QED) is 0.748. The minimum absolute atomic E-state index is 0.149. The van der Waals surface area contributed by atoms with Gasteiger partial charge in [-0.25, -0.2) is 13.2 Å². The van der Waals surface area contributed by atoms with Gasteiger partial charge in [0.2, 0.25) is 0 Å². The van der Waals surface area contributed by atoms with Gasteiger partial charge in [-0.1, -0.05) is 0 Å². The Bertz CT molecular complexity index is 360. The van der Waals surface area contributed by atoms with Crippen LogP contribution in [0.5, 0.6) is 0 Å². The molecule has 2 unspecified atom stereocenters. The third kappa shape index (κ3) is 2.13. The lowest BCUT2D eigenvalue weighted by Crippen LogP contribution is -2.22. The monoisotopic (exact) mass is 233 g/mol. The lowest BCUT2D eigenvalue weighted by atomic mass is 10.2. The molecule has 1 aromatic carbocycles. The van der Waals surface area contributed by atoms with E-state index in [4.69, 9.17) is 0 Å². The molecule has 5 heteroatoms. The van der Waals surface area contributed by atoms with Crippen LogP contribution < -0.4 is 5.32 Å². The van der Waals surface area contributed by atoms with Crippen LogP contribution in [0.2, 0.25) is 0 Å². The SMILES string of the molecule is CC1CSC(c2cc(F)c(F)c(F)c2)N1. The smallest absolute Gasteiger partial charge is 0.194 e. The molecule has 1 heterocycles. The van der Waals surface area contributed by atoms with Gasteiger partial charge in [-0.15, -0.1) is 11.8 Å². The van der Waals surface area contributed by atoms with Crippen molar-refractivity contribution in [3.63, 3.8) is 0 Å². The van der Waals surface area contributed by atoms with Gasteiger partial charge in [0.25, 0.3) is 0 Å².